The van der Waals surface area contributed by atoms with Gasteiger partial charge in [0.15, 0.2) is 11.6 Å². The number of nitrogens with one attached hydrogen (secondary N) is 1. The Kier molecular flexibility index (Phi) is 5.53. The molecule has 1 heterocycles. The van der Waals surface area contributed by atoms with Crippen molar-refractivity contribution in [2.75, 3.05) is 13.2 Å². The zero-order valence-corrected chi connectivity index (χ0v) is 13.2. The highest BCUT2D eigenvalue weighted by Crippen LogP contribution is 2.20. The Labute approximate surface area is 141 Å². The van der Waals surface area contributed by atoms with Crippen LogP contribution in [-0.2, 0) is 0 Å². The maximum absolute atomic E-state index is 13.5. The second-order valence-corrected chi connectivity index (χ2v) is 5.33. The van der Waals surface area contributed by atoms with Gasteiger partial charge in [-0.2, -0.15) is 0 Å². The molecule has 3 nitrogen and oxygen atoms in total. The van der Waals surface area contributed by atoms with Gasteiger partial charge in [0.05, 0.1) is 11.7 Å². The van der Waals surface area contributed by atoms with Crippen molar-refractivity contribution in [2.45, 2.75) is 6.04 Å². The summed E-state index contributed by atoms with van der Waals surface area (Å²) in [6.07, 6.45) is 1.78. The number of pyridine rings is 1. The smallest absolute Gasteiger partial charge is 0.165 e. The number of ether oxygens (including phenoxy) is 1. The van der Waals surface area contributed by atoms with Crippen molar-refractivity contribution in [3.05, 3.63) is 96.1 Å². The quantitative estimate of drug-likeness (QED) is 0.668. The van der Waals surface area contributed by atoms with E-state index in [4.69, 9.17) is 4.74 Å². The topological polar surface area (TPSA) is 34.1 Å². The van der Waals surface area contributed by atoms with Crippen molar-refractivity contribution in [3.63, 3.8) is 0 Å². The lowest BCUT2D eigenvalue weighted by molar-refractivity contribution is 0.294. The van der Waals surface area contributed by atoms with Gasteiger partial charge in [0.25, 0.3) is 0 Å². The Hall–Kier alpha value is -2.72. The first-order chi connectivity index (χ1) is 11.8. The van der Waals surface area contributed by atoms with Gasteiger partial charge in [-0.15, -0.1) is 0 Å². The highest BCUT2D eigenvalue weighted by molar-refractivity contribution is 5.27. The molecule has 0 saturated carbocycles. The van der Waals surface area contributed by atoms with E-state index in [9.17, 15) is 4.39 Å². The molecular formula is C20H19FN2O. The molecule has 1 atom stereocenters. The molecule has 0 aliphatic heterocycles. The second-order valence-electron chi connectivity index (χ2n) is 5.33. The minimum Gasteiger partial charge on any atom is -0.489 e. The number of halogens is 1. The minimum atomic E-state index is -0.346. The zero-order chi connectivity index (χ0) is 16.6. The fraction of sp³-hybridized carbons (Fsp3) is 0.150. The van der Waals surface area contributed by atoms with Crippen molar-refractivity contribution in [3.8, 4) is 5.75 Å². The summed E-state index contributed by atoms with van der Waals surface area (Å²) in [7, 11) is 0. The van der Waals surface area contributed by atoms with E-state index < -0.39 is 0 Å². The van der Waals surface area contributed by atoms with Crippen molar-refractivity contribution in [1.29, 1.82) is 0 Å². The summed E-state index contributed by atoms with van der Waals surface area (Å²) < 4.78 is 19.1. The van der Waals surface area contributed by atoms with E-state index in [1.807, 2.05) is 36.4 Å². The number of hydrogen-bond acceptors (Lipinski definition) is 3. The lowest BCUT2D eigenvalue weighted by Crippen LogP contribution is -2.27. The van der Waals surface area contributed by atoms with Gasteiger partial charge >= 0.3 is 0 Å². The lowest BCUT2D eigenvalue weighted by atomic mass is 10.0. The number of aromatic nitrogens is 1. The van der Waals surface area contributed by atoms with Crippen LogP contribution in [0.5, 0.6) is 5.75 Å². The van der Waals surface area contributed by atoms with Gasteiger partial charge in [0, 0.05) is 12.7 Å². The van der Waals surface area contributed by atoms with Crippen LogP contribution in [0.2, 0.25) is 0 Å². The summed E-state index contributed by atoms with van der Waals surface area (Å²) in [5.74, 6) is -0.0739. The number of hydrogen-bond donors (Lipinski definition) is 1. The molecule has 3 aromatic rings. The van der Waals surface area contributed by atoms with E-state index in [-0.39, 0.29) is 17.6 Å². The molecule has 0 aliphatic rings. The van der Waals surface area contributed by atoms with E-state index in [0.29, 0.717) is 13.2 Å². The van der Waals surface area contributed by atoms with Crippen molar-refractivity contribution in [1.82, 2.24) is 10.3 Å². The Morgan fingerprint density at radius 2 is 1.67 bits per heavy atom. The molecule has 0 fully saturated rings. The third-order valence-electron chi connectivity index (χ3n) is 3.66. The molecule has 122 valence electrons. The summed E-state index contributed by atoms with van der Waals surface area (Å²) in [6, 6.07) is 22.4. The molecule has 0 amide bonds. The van der Waals surface area contributed by atoms with Gasteiger partial charge in [-0.3, -0.25) is 4.98 Å². The number of para-hydroxylation sites is 1. The van der Waals surface area contributed by atoms with Crippen LogP contribution in [0.3, 0.4) is 0 Å². The standard InChI is InChI=1S/C20H19FN2O/c21-17-10-4-5-12-19(17)24-15-14-23-20(16-8-2-1-3-9-16)18-11-6-7-13-22-18/h1-13,20,23H,14-15H2. The van der Waals surface area contributed by atoms with Crippen LogP contribution < -0.4 is 10.1 Å². The molecular weight excluding hydrogens is 303 g/mol. The number of nitrogens with zero attached hydrogens (tertiary/aromatic N) is 1. The first-order valence-corrected chi connectivity index (χ1v) is 7.91. The highest BCUT2D eigenvalue weighted by atomic mass is 19.1. The molecule has 1 aromatic heterocycles. The SMILES string of the molecule is Fc1ccccc1OCCNC(c1ccccc1)c1ccccn1. The third-order valence-corrected chi connectivity index (χ3v) is 3.66. The zero-order valence-electron chi connectivity index (χ0n) is 13.2. The summed E-state index contributed by atoms with van der Waals surface area (Å²) in [6.45, 7) is 0.946. The predicted molar refractivity (Wildman–Crippen MR) is 92.4 cm³/mol. The van der Waals surface area contributed by atoms with E-state index in [1.54, 1.807) is 24.4 Å². The second kappa shape index (κ2) is 8.22. The molecule has 1 N–H and O–H groups in total. The van der Waals surface area contributed by atoms with Crippen LogP contribution in [0.1, 0.15) is 17.3 Å². The number of rotatable bonds is 7. The predicted octanol–water partition coefficient (Wildman–Crippen LogP) is 3.98. The van der Waals surface area contributed by atoms with Crippen LogP contribution in [0, 0.1) is 5.82 Å². The van der Waals surface area contributed by atoms with E-state index >= 15 is 0 Å². The van der Waals surface area contributed by atoms with Gasteiger partial charge in [-0.25, -0.2) is 4.39 Å². The fourth-order valence-electron chi connectivity index (χ4n) is 2.51. The molecule has 0 bridgehead atoms. The van der Waals surface area contributed by atoms with Gasteiger partial charge in [-0.1, -0.05) is 48.5 Å². The van der Waals surface area contributed by atoms with E-state index in [2.05, 4.69) is 22.4 Å². The Morgan fingerprint density at radius 3 is 2.42 bits per heavy atom. The van der Waals surface area contributed by atoms with Gasteiger partial charge in [0.2, 0.25) is 0 Å². The Bertz CT molecular complexity index is 710. The largest absolute Gasteiger partial charge is 0.489 e. The van der Waals surface area contributed by atoms with Gasteiger partial charge < -0.3 is 10.1 Å². The molecule has 0 saturated heterocycles. The van der Waals surface area contributed by atoms with Crippen LogP contribution >= 0.6 is 0 Å². The summed E-state index contributed by atoms with van der Waals surface area (Å²) >= 11 is 0. The molecule has 3 rings (SSSR count). The first-order valence-electron chi connectivity index (χ1n) is 7.91. The van der Waals surface area contributed by atoms with E-state index in [1.165, 1.54) is 6.07 Å². The molecule has 24 heavy (non-hydrogen) atoms. The summed E-state index contributed by atoms with van der Waals surface area (Å²) in [4.78, 5) is 4.44. The minimum absolute atomic E-state index is 0.0309. The van der Waals surface area contributed by atoms with Gasteiger partial charge in [0.1, 0.15) is 6.61 Å². The summed E-state index contributed by atoms with van der Waals surface area (Å²) in [5.41, 5.74) is 2.07. The maximum atomic E-state index is 13.5. The monoisotopic (exact) mass is 322 g/mol. The Morgan fingerprint density at radius 1 is 0.917 bits per heavy atom. The van der Waals surface area contributed by atoms with Crippen LogP contribution in [0.25, 0.3) is 0 Å². The van der Waals surface area contributed by atoms with Crippen molar-refractivity contribution in [2.24, 2.45) is 0 Å². The van der Waals surface area contributed by atoms with Crippen molar-refractivity contribution >= 4 is 0 Å². The lowest BCUT2D eigenvalue weighted by Gasteiger charge is -2.19. The molecule has 1 unspecified atom stereocenters. The first kappa shape index (κ1) is 16.1. The molecule has 2 aromatic carbocycles. The molecule has 0 radical (unpaired) electrons. The summed E-state index contributed by atoms with van der Waals surface area (Å²) in [5, 5.41) is 3.43. The van der Waals surface area contributed by atoms with Crippen LogP contribution in [0.4, 0.5) is 4.39 Å². The molecule has 4 heteroatoms. The van der Waals surface area contributed by atoms with Crippen molar-refractivity contribution < 1.29 is 9.13 Å². The highest BCUT2D eigenvalue weighted by Gasteiger charge is 2.14. The van der Waals surface area contributed by atoms with Crippen LogP contribution in [-0.4, -0.2) is 18.1 Å². The number of benzene rings is 2. The van der Waals surface area contributed by atoms with Crippen LogP contribution in [0.15, 0.2) is 79.0 Å². The van der Waals surface area contributed by atoms with Gasteiger partial charge in [-0.05, 0) is 29.8 Å². The van der Waals surface area contributed by atoms with E-state index in [0.717, 1.165) is 11.3 Å². The normalized spacial score (nSPS) is 11.9. The Balaban J connectivity index is 1.64. The molecule has 0 aliphatic carbocycles. The average molecular weight is 322 g/mol. The molecule has 0 spiro atoms. The fourth-order valence-corrected chi connectivity index (χ4v) is 2.51. The third kappa shape index (κ3) is 4.18. The maximum Gasteiger partial charge on any atom is 0.165 e. The average Bonchev–Trinajstić information content (AvgIpc) is 2.64.